The standard InChI is InChI=1S/C13H20N2O5/c1-3-20-9-10(19-2)8-14-11(16)6-7-15-12(17)4-5-13(15)18/h4-5,10H,3,6-9H2,1-2H3,(H,14,16). The van der Waals surface area contributed by atoms with Gasteiger partial charge in [-0.05, 0) is 6.92 Å². The molecular formula is C13H20N2O5. The molecule has 0 spiro atoms. The molecule has 1 atom stereocenters. The number of hydrogen-bond donors (Lipinski definition) is 1. The molecule has 0 aliphatic carbocycles. The van der Waals surface area contributed by atoms with Crippen molar-refractivity contribution in [3.8, 4) is 0 Å². The number of carbonyl (C=O) groups excluding carboxylic acids is 3. The fourth-order valence-corrected chi connectivity index (χ4v) is 1.64. The van der Waals surface area contributed by atoms with E-state index < -0.39 is 0 Å². The van der Waals surface area contributed by atoms with Crippen LogP contribution >= 0.6 is 0 Å². The number of methoxy groups -OCH3 is 1. The van der Waals surface area contributed by atoms with E-state index in [1.54, 1.807) is 7.11 Å². The third-order valence-corrected chi connectivity index (χ3v) is 2.83. The summed E-state index contributed by atoms with van der Waals surface area (Å²) in [5.74, 6) is -1.00. The lowest BCUT2D eigenvalue weighted by Crippen LogP contribution is -2.38. The Morgan fingerprint density at radius 1 is 1.35 bits per heavy atom. The van der Waals surface area contributed by atoms with Crippen molar-refractivity contribution < 1.29 is 23.9 Å². The second-order valence-corrected chi connectivity index (χ2v) is 4.23. The van der Waals surface area contributed by atoms with Crippen LogP contribution in [0.1, 0.15) is 13.3 Å². The van der Waals surface area contributed by atoms with Crippen molar-refractivity contribution in [1.29, 1.82) is 0 Å². The molecule has 0 aromatic heterocycles. The Hall–Kier alpha value is -1.73. The van der Waals surface area contributed by atoms with Gasteiger partial charge in [0.2, 0.25) is 5.91 Å². The second kappa shape index (κ2) is 8.44. The highest BCUT2D eigenvalue weighted by atomic mass is 16.5. The average Bonchev–Trinajstić information content (AvgIpc) is 2.76. The molecule has 1 unspecified atom stereocenters. The summed E-state index contributed by atoms with van der Waals surface area (Å²) in [6, 6.07) is 0. The summed E-state index contributed by atoms with van der Waals surface area (Å²) in [5.41, 5.74) is 0. The largest absolute Gasteiger partial charge is 0.379 e. The molecule has 7 heteroatoms. The lowest BCUT2D eigenvalue weighted by Gasteiger charge is -2.17. The van der Waals surface area contributed by atoms with E-state index in [-0.39, 0.29) is 36.8 Å². The van der Waals surface area contributed by atoms with Crippen molar-refractivity contribution in [2.45, 2.75) is 19.4 Å². The number of nitrogens with one attached hydrogen (secondary N) is 1. The van der Waals surface area contributed by atoms with E-state index >= 15 is 0 Å². The highest BCUT2D eigenvalue weighted by Gasteiger charge is 2.23. The van der Waals surface area contributed by atoms with Crippen LogP contribution in [0.25, 0.3) is 0 Å². The van der Waals surface area contributed by atoms with Crippen LogP contribution < -0.4 is 5.32 Å². The van der Waals surface area contributed by atoms with Gasteiger partial charge in [-0.25, -0.2) is 0 Å². The van der Waals surface area contributed by atoms with Crippen LogP contribution in [0.5, 0.6) is 0 Å². The van der Waals surface area contributed by atoms with E-state index in [1.165, 1.54) is 12.2 Å². The van der Waals surface area contributed by atoms with Crippen LogP contribution in [0.4, 0.5) is 0 Å². The number of imide groups is 1. The number of ether oxygens (including phenoxy) is 2. The van der Waals surface area contributed by atoms with Gasteiger partial charge in [0.1, 0.15) is 0 Å². The first-order valence-electron chi connectivity index (χ1n) is 6.49. The molecule has 1 aliphatic heterocycles. The minimum absolute atomic E-state index is 0.0736. The SMILES string of the molecule is CCOCC(CNC(=O)CCN1C(=O)C=CC1=O)OC. The summed E-state index contributed by atoms with van der Waals surface area (Å²) in [4.78, 5) is 35.2. The van der Waals surface area contributed by atoms with E-state index in [0.29, 0.717) is 19.8 Å². The smallest absolute Gasteiger partial charge is 0.253 e. The Labute approximate surface area is 117 Å². The topological polar surface area (TPSA) is 84.9 Å². The Bertz CT molecular complexity index is 376. The van der Waals surface area contributed by atoms with Crippen molar-refractivity contribution in [2.75, 3.05) is 33.4 Å². The Morgan fingerprint density at radius 3 is 2.55 bits per heavy atom. The molecule has 3 amide bonds. The van der Waals surface area contributed by atoms with Crippen LogP contribution in [0, 0.1) is 0 Å². The zero-order valence-corrected chi connectivity index (χ0v) is 11.8. The van der Waals surface area contributed by atoms with E-state index in [2.05, 4.69) is 5.32 Å². The maximum absolute atomic E-state index is 11.6. The van der Waals surface area contributed by atoms with Gasteiger partial charge < -0.3 is 14.8 Å². The minimum Gasteiger partial charge on any atom is -0.379 e. The average molecular weight is 284 g/mol. The van der Waals surface area contributed by atoms with Crippen molar-refractivity contribution in [2.24, 2.45) is 0 Å². The third kappa shape index (κ3) is 5.10. The predicted molar refractivity (Wildman–Crippen MR) is 70.8 cm³/mol. The zero-order valence-electron chi connectivity index (χ0n) is 11.8. The lowest BCUT2D eigenvalue weighted by molar-refractivity contribution is -0.137. The molecule has 0 aromatic rings. The monoisotopic (exact) mass is 284 g/mol. The predicted octanol–water partition coefficient (Wildman–Crippen LogP) is -0.531. The van der Waals surface area contributed by atoms with Gasteiger partial charge in [-0.1, -0.05) is 0 Å². The van der Waals surface area contributed by atoms with Gasteiger partial charge in [0.25, 0.3) is 11.8 Å². The van der Waals surface area contributed by atoms with Gasteiger partial charge in [0.15, 0.2) is 0 Å². The minimum atomic E-state index is -0.381. The Morgan fingerprint density at radius 2 is 2.00 bits per heavy atom. The second-order valence-electron chi connectivity index (χ2n) is 4.23. The van der Waals surface area contributed by atoms with Gasteiger partial charge in [0, 0.05) is 45.4 Å². The van der Waals surface area contributed by atoms with Crippen LogP contribution in [0.15, 0.2) is 12.2 Å². The first-order chi connectivity index (χ1) is 9.58. The molecule has 0 aromatic carbocycles. The van der Waals surface area contributed by atoms with Crippen molar-refractivity contribution in [1.82, 2.24) is 10.2 Å². The van der Waals surface area contributed by atoms with Crippen molar-refractivity contribution >= 4 is 17.7 Å². The molecule has 20 heavy (non-hydrogen) atoms. The first kappa shape index (κ1) is 16.3. The summed E-state index contributed by atoms with van der Waals surface area (Å²) in [6.07, 6.45) is 2.26. The molecule has 0 bridgehead atoms. The summed E-state index contributed by atoms with van der Waals surface area (Å²) in [5, 5.41) is 2.68. The van der Waals surface area contributed by atoms with E-state index in [0.717, 1.165) is 4.90 Å². The number of amides is 3. The quantitative estimate of drug-likeness (QED) is 0.575. The van der Waals surface area contributed by atoms with Gasteiger partial charge in [-0.15, -0.1) is 0 Å². The number of nitrogens with zero attached hydrogens (tertiary/aromatic N) is 1. The molecule has 1 aliphatic rings. The summed E-state index contributed by atoms with van der Waals surface area (Å²) < 4.78 is 10.4. The molecule has 0 radical (unpaired) electrons. The lowest BCUT2D eigenvalue weighted by atomic mass is 10.3. The first-order valence-corrected chi connectivity index (χ1v) is 6.49. The maximum atomic E-state index is 11.6. The number of hydrogen-bond acceptors (Lipinski definition) is 5. The fraction of sp³-hybridized carbons (Fsp3) is 0.615. The highest BCUT2D eigenvalue weighted by Crippen LogP contribution is 2.04. The molecule has 1 N–H and O–H groups in total. The van der Waals surface area contributed by atoms with Gasteiger partial charge in [0.05, 0.1) is 12.7 Å². The van der Waals surface area contributed by atoms with Crippen LogP contribution in [-0.4, -0.2) is 62.1 Å². The molecule has 0 saturated heterocycles. The van der Waals surface area contributed by atoms with E-state index in [1.807, 2.05) is 6.92 Å². The van der Waals surface area contributed by atoms with Gasteiger partial charge >= 0.3 is 0 Å². The normalized spacial score (nSPS) is 15.8. The number of rotatable bonds is 9. The van der Waals surface area contributed by atoms with Crippen molar-refractivity contribution in [3.05, 3.63) is 12.2 Å². The van der Waals surface area contributed by atoms with Crippen LogP contribution in [-0.2, 0) is 23.9 Å². The maximum Gasteiger partial charge on any atom is 0.253 e. The molecule has 1 heterocycles. The molecule has 1 rings (SSSR count). The molecular weight excluding hydrogens is 264 g/mol. The Balaban J connectivity index is 2.23. The van der Waals surface area contributed by atoms with Gasteiger partial charge in [-0.3, -0.25) is 19.3 Å². The summed E-state index contributed by atoms with van der Waals surface area (Å²) in [7, 11) is 1.54. The molecule has 0 saturated carbocycles. The molecule has 7 nitrogen and oxygen atoms in total. The third-order valence-electron chi connectivity index (χ3n) is 2.83. The zero-order chi connectivity index (χ0) is 15.0. The summed E-state index contributed by atoms with van der Waals surface area (Å²) in [6.45, 7) is 3.28. The highest BCUT2D eigenvalue weighted by molar-refractivity contribution is 6.13. The summed E-state index contributed by atoms with van der Waals surface area (Å²) >= 11 is 0. The Kier molecular flexibility index (Phi) is 6.89. The van der Waals surface area contributed by atoms with Crippen LogP contribution in [0.3, 0.4) is 0 Å². The van der Waals surface area contributed by atoms with Crippen LogP contribution in [0.2, 0.25) is 0 Å². The molecule has 0 fully saturated rings. The molecule has 112 valence electrons. The van der Waals surface area contributed by atoms with Crippen molar-refractivity contribution in [3.63, 3.8) is 0 Å². The number of carbonyl (C=O) groups is 3. The van der Waals surface area contributed by atoms with E-state index in [4.69, 9.17) is 9.47 Å². The van der Waals surface area contributed by atoms with Gasteiger partial charge in [-0.2, -0.15) is 0 Å². The van der Waals surface area contributed by atoms with E-state index in [9.17, 15) is 14.4 Å². The fourth-order valence-electron chi connectivity index (χ4n) is 1.64.